The van der Waals surface area contributed by atoms with Gasteiger partial charge < -0.3 is 4.57 Å². The third-order valence-corrected chi connectivity index (χ3v) is 11.7. The van der Waals surface area contributed by atoms with Crippen molar-refractivity contribution < 1.29 is 0 Å². The van der Waals surface area contributed by atoms with Crippen LogP contribution in [0.1, 0.15) is 18.2 Å². The summed E-state index contributed by atoms with van der Waals surface area (Å²) in [5.41, 5.74) is 15.7. The Balaban J connectivity index is 1.18. The molecule has 5 aromatic carbocycles. The molecule has 0 spiro atoms. The minimum atomic E-state index is 0.789. The maximum absolute atomic E-state index is 4.73. The van der Waals surface area contributed by atoms with Crippen molar-refractivity contribution >= 4 is 39.1 Å². The van der Waals surface area contributed by atoms with E-state index in [4.69, 9.17) is 15.0 Å². The van der Waals surface area contributed by atoms with Crippen molar-refractivity contribution in [3.05, 3.63) is 205 Å². The van der Waals surface area contributed by atoms with E-state index >= 15 is 0 Å². The predicted octanol–water partition coefficient (Wildman–Crippen LogP) is 13.3. The van der Waals surface area contributed by atoms with Gasteiger partial charge in [-0.1, -0.05) is 103 Å². The Bertz CT molecular complexity index is 2820. The number of rotatable bonds is 6. The van der Waals surface area contributed by atoms with Crippen LogP contribution in [-0.4, -0.2) is 19.5 Å². The molecule has 0 saturated carbocycles. The van der Waals surface area contributed by atoms with Crippen LogP contribution in [-0.2, 0) is 6.42 Å². The van der Waals surface area contributed by atoms with E-state index in [2.05, 4.69) is 151 Å². The van der Waals surface area contributed by atoms with Gasteiger partial charge in [0.25, 0.3) is 0 Å². The minimum absolute atomic E-state index is 0.789. The third kappa shape index (κ3) is 6.22. The molecule has 10 rings (SSSR count). The average molecular weight is 737 g/mol. The van der Waals surface area contributed by atoms with Crippen molar-refractivity contribution in [1.82, 2.24) is 19.5 Å². The molecule has 0 amide bonds. The van der Waals surface area contributed by atoms with E-state index in [-0.39, 0.29) is 0 Å². The fourth-order valence-corrected chi connectivity index (χ4v) is 8.84. The fraction of sp³-hybridized carbons (Fsp3) is 0.0392. The van der Waals surface area contributed by atoms with Crippen LogP contribution in [0.25, 0.3) is 77.8 Å². The number of hydrogen-bond acceptors (Lipinski definition) is 4. The van der Waals surface area contributed by atoms with E-state index < -0.39 is 0 Å². The second kappa shape index (κ2) is 14.4. The summed E-state index contributed by atoms with van der Waals surface area (Å²) < 4.78 is 2.43. The molecular weight excluding hydrogens is 701 g/mol. The summed E-state index contributed by atoms with van der Waals surface area (Å²) in [5, 5.41) is 2.39. The van der Waals surface area contributed by atoms with E-state index in [1.54, 1.807) is 0 Å². The van der Waals surface area contributed by atoms with Crippen molar-refractivity contribution in [2.75, 3.05) is 0 Å². The number of thioether (sulfide) groups is 1. The zero-order chi connectivity index (χ0) is 37.4. The molecule has 1 aliphatic rings. The van der Waals surface area contributed by atoms with Gasteiger partial charge in [0.2, 0.25) is 0 Å². The first-order valence-corrected chi connectivity index (χ1v) is 19.7. The summed E-state index contributed by atoms with van der Waals surface area (Å²) in [6.07, 6.45) is 10.8. The maximum atomic E-state index is 4.73. The second-order valence-electron chi connectivity index (χ2n) is 14.1. The van der Waals surface area contributed by atoms with E-state index in [1.165, 1.54) is 31.7 Å². The molecule has 0 fully saturated rings. The van der Waals surface area contributed by atoms with Gasteiger partial charge in [-0.25, -0.2) is 0 Å². The summed E-state index contributed by atoms with van der Waals surface area (Å²) in [6, 6.07) is 56.3. The van der Waals surface area contributed by atoms with Gasteiger partial charge in [0.15, 0.2) is 0 Å². The van der Waals surface area contributed by atoms with Crippen LogP contribution in [0.4, 0.5) is 0 Å². The molecule has 1 aliphatic heterocycles. The van der Waals surface area contributed by atoms with E-state index in [0.717, 1.165) is 73.6 Å². The zero-order valence-corrected chi connectivity index (χ0v) is 31.6. The van der Waals surface area contributed by atoms with Crippen LogP contribution in [0, 0.1) is 0 Å². The van der Waals surface area contributed by atoms with Gasteiger partial charge in [-0.15, -0.1) is 0 Å². The lowest BCUT2D eigenvalue weighted by Gasteiger charge is -2.17. The normalized spacial score (nSPS) is 14.7. The lowest BCUT2D eigenvalue weighted by atomic mass is 9.94. The number of pyridine rings is 3. The van der Waals surface area contributed by atoms with Crippen LogP contribution < -0.4 is 0 Å². The average Bonchev–Trinajstić information content (AvgIpc) is 3.59. The number of benzene rings is 5. The highest BCUT2D eigenvalue weighted by molar-refractivity contribution is 8.03. The summed E-state index contributed by atoms with van der Waals surface area (Å²) in [4.78, 5) is 16.7. The molecule has 5 heterocycles. The fourth-order valence-electron chi connectivity index (χ4n) is 7.96. The number of fused-ring (bicyclic) bond motifs is 4. The van der Waals surface area contributed by atoms with E-state index in [1.807, 2.05) is 60.7 Å². The summed E-state index contributed by atoms with van der Waals surface area (Å²) in [6.45, 7) is 2.18. The molecule has 4 nitrogen and oxygen atoms in total. The summed E-state index contributed by atoms with van der Waals surface area (Å²) in [5.74, 6) is 0. The zero-order valence-electron chi connectivity index (χ0n) is 30.8. The molecule has 0 N–H and O–H groups in total. The van der Waals surface area contributed by atoms with Crippen LogP contribution in [0.15, 0.2) is 198 Å². The third-order valence-electron chi connectivity index (χ3n) is 10.6. The number of nitrogens with zero attached hydrogens (tertiary/aromatic N) is 4. The molecule has 0 aliphatic carbocycles. The summed E-state index contributed by atoms with van der Waals surface area (Å²) in [7, 11) is 0. The molecule has 0 radical (unpaired) electrons. The Labute approximate surface area is 330 Å². The molecule has 0 saturated heterocycles. The minimum Gasteiger partial charge on any atom is -0.309 e. The highest BCUT2D eigenvalue weighted by atomic mass is 32.2. The molecule has 56 heavy (non-hydrogen) atoms. The number of hydrogen-bond donors (Lipinski definition) is 0. The molecule has 5 heteroatoms. The Kier molecular flexibility index (Phi) is 8.70. The van der Waals surface area contributed by atoms with Crippen molar-refractivity contribution in [1.29, 1.82) is 0 Å². The molecule has 4 aromatic heterocycles. The van der Waals surface area contributed by atoms with Gasteiger partial charge in [0.05, 0.1) is 28.1 Å². The molecular formula is C51H36N4S. The molecule has 9 aromatic rings. The van der Waals surface area contributed by atoms with Crippen LogP contribution in [0.5, 0.6) is 0 Å². The Morgan fingerprint density at radius 2 is 1.00 bits per heavy atom. The predicted molar refractivity (Wildman–Crippen MR) is 234 cm³/mol. The first kappa shape index (κ1) is 33.7. The van der Waals surface area contributed by atoms with Gasteiger partial charge in [0, 0.05) is 57.5 Å². The number of aromatic nitrogens is 4. The maximum Gasteiger partial charge on any atom is 0.0708 e. The highest BCUT2D eigenvalue weighted by Crippen LogP contribution is 2.42. The van der Waals surface area contributed by atoms with Crippen molar-refractivity contribution in [3.8, 4) is 50.5 Å². The first-order valence-electron chi connectivity index (χ1n) is 18.9. The Morgan fingerprint density at radius 3 is 1.54 bits per heavy atom. The largest absolute Gasteiger partial charge is 0.309 e. The quantitative estimate of drug-likeness (QED) is 0.170. The molecule has 0 atom stereocenters. The Hall–Kier alpha value is -6.82. The monoisotopic (exact) mass is 736 g/mol. The van der Waals surface area contributed by atoms with Gasteiger partial charge in [-0.05, 0) is 124 Å². The second-order valence-corrected chi connectivity index (χ2v) is 15.4. The van der Waals surface area contributed by atoms with Gasteiger partial charge in [0.1, 0.15) is 0 Å². The molecule has 0 bridgehead atoms. The van der Waals surface area contributed by atoms with Gasteiger partial charge >= 0.3 is 0 Å². The SMILES string of the molecule is C/C1=C\C=C(\c2ccccn2)Cc2cc(-n3c4ccc(-c5ccccc5-c5ccccn5)cc4c4cc(-c5ccccc5-c5ccccn5)ccc43)ccc2S1. The smallest absolute Gasteiger partial charge is 0.0708 e. The lowest BCUT2D eigenvalue weighted by Crippen LogP contribution is -2.00. The van der Waals surface area contributed by atoms with Crippen molar-refractivity contribution in [2.45, 2.75) is 18.2 Å². The van der Waals surface area contributed by atoms with Crippen molar-refractivity contribution in [2.24, 2.45) is 0 Å². The summed E-state index contributed by atoms with van der Waals surface area (Å²) >= 11 is 1.83. The van der Waals surface area contributed by atoms with Crippen molar-refractivity contribution in [3.63, 3.8) is 0 Å². The van der Waals surface area contributed by atoms with Gasteiger partial charge in [-0.2, -0.15) is 0 Å². The van der Waals surface area contributed by atoms with Gasteiger partial charge in [-0.3, -0.25) is 15.0 Å². The number of allylic oxidation sites excluding steroid dienone is 4. The Morgan fingerprint density at radius 1 is 0.482 bits per heavy atom. The molecule has 0 unspecified atom stereocenters. The van der Waals surface area contributed by atoms with Crippen LogP contribution in [0.2, 0.25) is 0 Å². The lowest BCUT2D eigenvalue weighted by molar-refractivity contribution is 1.11. The highest BCUT2D eigenvalue weighted by Gasteiger charge is 2.19. The first-order chi connectivity index (χ1) is 27.7. The topological polar surface area (TPSA) is 43.6 Å². The van der Waals surface area contributed by atoms with Crippen LogP contribution in [0.3, 0.4) is 0 Å². The van der Waals surface area contributed by atoms with E-state index in [9.17, 15) is 0 Å². The van der Waals surface area contributed by atoms with Crippen LogP contribution >= 0.6 is 11.8 Å². The van der Waals surface area contributed by atoms with E-state index in [0.29, 0.717) is 0 Å². The molecule has 266 valence electrons. The standard InChI is InChI=1S/C51H36N4S/c1-34-19-20-37(46-16-6-9-27-52-46)30-38-31-39(23-26-51(38)56-34)55-49-24-21-35(40-12-2-4-14-42(40)47-17-7-10-28-53-47)32-44(49)45-33-36(22-25-50(45)55)41-13-3-5-15-43(41)48-18-8-11-29-54-48/h2-29,31-33H,30H2,1H3/b34-19+,37-20+.